The fraction of sp³-hybridized carbons (Fsp3) is 0.682. The maximum absolute atomic E-state index is 14.6. The van der Waals surface area contributed by atoms with E-state index in [1.165, 1.54) is 50.7 Å². The van der Waals surface area contributed by atoms with Crippen LogP contribution < -0.4 is 4.74 Å². The Hall–Kier alpha value is -1.29. The van der Waals surface area contributed by atoms with E-state index in [2.05, 4.69) is 0 Å². The standard InChI is InChI=1S/C22H28ClFO3/c1-21(2,3)27-20(25)19-17(23)7-16(8-18(19)24)26-12-22-9-13-4-14(10-22)6-15(5-13)11-22/h7-8,13-15H,4-6,9-12H2,1-3H3. The van der Waals surface area contributed by atoms with Gasteiger partial charge >= 0.3 is 5.97 Å². The molecule has 4 aliphatic carbocycles. The fourth-order valence-electron chi connectivity index (χ4n) is 5.86. The monoisotopic (exact) mass is 394 g/mol. The van der Waals surface area contributed by atoms with Gasteiger partial charge in [0.2, 0.25) is 0 Å². The van der Waals surface area contributed by atoms with Gasteiger partial charge < -0.3 is 9.47 Å². The molecule has 1 aromatic carbocycles. The fourth-order valence-corrected chi connectivity index (χ4v) is 6.14. The lowest BCUT2D eigenvalue weighted by Gasteiger charge is -2.56. The summed E-state index contributed by atoms with van der Waals surface area (Å²) in [6.45, 7) is 5.82. The molecule has 27 heavy (non-hydrogen) atoms. The van der Waals surface area contributed by atoms with E-state index in [-0.39, 0.29) is 16.0 Å². The molecule has 5 rings (SSSR count). The third-order valence-corrected chi connectivity index (χ3v) is 6.63. The summed E-state index contributed by atoms with van der Waals surface area (Å²) in [7, 11) is 0. The van der Waals surface area contributed by atoms with Crippen molar-refractivity contribution in [2.75, 3.05) is 6.61 Å². The van der Waals surface area contributed by atoms with Crippen molar-refractivity contribution in [2.24, 2.45) is 23.2 Å². The molecule has 0 atom stereocenters. The van der Waals surface area contributed by atoms with Gasteiger partial charge in [-0.3, -0.25) is 0 Å². The van der Waals surface area contributed by atoms with E-state index in [1.807, 2.05) is 0 Å². The van der Waals surface area contributed by atoms with E-state index in [0.717, 1.165) is 17.8 Å². The zero-order valence-electron chi connectivity index (χ0n) is 16.3. The van der Waals surface area contributed by atoms with Gasteiger partial charge in [-0.15, -0.1) is 0 Å². The van der Waals surface area contributed by atoms with Crippen molar-refractivity contribution in [1.29, 1.82) is 0 Å². The minimum atomic E-state index is -0.752. The summed E-state index contributed by atoms with van der Waals surface area (Å²) in [6, 6.07) is 2.79. The summed E-state index contributed by atoms with van der Waals surface area (Å²) in [6.07, 6.45) is 7.82. The first-order valence-electron chi connectivity index (χ1n) is 9.98. The molecule has 4 saturated carbocycles. The molecule has 5 heteroatoms. The maximum Gasteiger partial charge on any atom is 0.343 e. The van der Waals surface area contributed by atoms with Gasteiger partial charge in [-0.05, 0) is 83.1 Å². The molecule has 148 valence electrons. The Morgan fingerprint density at radius 1 is 1.15 bits per heavy atom. The highest BCUT2D eigenvalue weighted by molar-refractivity contribution is 6.33. The van der Waals surface area contributed by atoms with Gasteiger partial charge in [0.15, 0.2) is 0 Å². The Morgan fingerprint density at radius 3 is 2.19 bits per heavy atom. The van der Waals surface area contributed by atoms with Crippen molar-refractivity contribution in [3.8, 4) is 5.75 Å². The number of carbonyl (C=O) groups excluding carboxylic acids is 1. The number of hydrogen-bond donors (Lipinski definition) is 0. The van der Waals surface area contributed by atoms with Crippen LogP contribution >= 0.6 is 11.6 Å². The predicted octanol–water partition coefficient (Wildman–Crippen LogP) is 6.03. The second kappa shape index (κ2) is 6.65. The first kappa shape index (κ1) is 19.0. The summed E-state index contributed by atoms with van der Waals surface area (Å²) >= 11 is 6.19. The van der Waals surface area contributed by atoms with E-state index in [4.69, 9.17) is 21.1 Å². The molecular weight excluding hydrogens is 367 g/mol. The average molecular weight is 395 g/mol. The second-order valence-electron chi connectivity index (χ2n) is 9.97. The molecule has 0 aliphatic heterocycles. The van der Waals surface area contributed by atoms with E-state index in [1.54, 1.807) is 20.8 Å². The zero-order chi connectivity index (χ0) is 19.4. The molecule has 0 radical (unpaired) electrons. The second-order valence-corrected chi connectivity index (χ2v) is 10.4. The molecule has 3 nitrogen and oxygen atoms in total. The summed E-state index contributed by atoms with van der Waals surface area (Å²) in [5.41, 5.74) is -0.698. The lowest BCUT2D eigenvalue weighted by atomic mass is 9.50. The summed E-state index contributed by atoms with van der Waals surface area (Å²) < 4.78 is 25.8. The number of esters is 1. The molecule has 0 aromatic heterocycles. The van der Waals surface area contributed by atoms with Crippen LogP contribution in [0.3, 0.4) is 0 Å². The molecule has 4 fully saturated rings. The summed E-state index contributed by atoms with van der Waals surface area (Å²) in [5, 5.41) is 0.0322. The van der Waals surface area contributed by atoms with Gasteiger partial charge in [0.25, 0.3) is 0 Å². The van der Waals surface area contributed by atoms with E-state index in [9.17, 15) is 9.18 Å². The van der Waals surface area contributed by atoms with E-state index < -0.39 is 17.4 Å². The molecule has 0 saturated heterocycles. The Labute approximate surface area is 165 Å². The largest absolute Gasteiger partial charge is 0.493 e. The van der Waals surface area contributed by atoms with Crippen LogP contribution in [0.25, 0.3) is 0 Å². The molecule has 0 spiro atoms. The molecule has 0 unspecified atom stereocenters. The SMILES string of the molecule is CC(C)(C)OC(=O)c1c(F)cc(OCC23CC4CC(CC(C4)C2)C3)cc1Cl. The highest BCUT2D eigenvalue weighted by Gasteiger charge is 2.51. The van der Waals surface area contributed by atoms with Gasteiger partial charge in [-0.2, -0.15) is 0 Å². The Bertz CT molecular complexity index is 694. The van der Waals surface area contributed by atoms with Crippen molar-refractivity contribution < 1.29 is 18.7 Å². The van der Waals surface area contributed by atoms with Gasteiger partial charge in [-0.1, -0.05) is 11.6 Å². The first-order valence-corrected chi connectivity index (χ1v) is 10.4. The maximum atomic E-state index is 14.6. The van der Waals surface area contributed by atoms with E-state index >= 15 is 0 Å². The Kier molecular flexibility index (Phi) is 4.69. The van der Waals surface area contributed by atoms with Crippen LogP contribution in [0, 0.1) is 29.0 Å². The minimum Gasteiger partial charge on any atom is -0.493 e. The van der Waals surface area contributed by atoms with Gasteiger partial charge in [0.05, 0.1) is 11.6 Å². The molecule has 0 heterocycles. The third kappa shape index (κ3) is 3.96. The van der Waals surface area contributed by atoms with Crippen LogP contribution in [-0.4, -0.2) is 18.2 Å². The smallest absolute Gasteiger partial charge is 0.343 e. The van der Waals surface area contributed by atoms with Crippen LogP contribution in [0.1, 0.15) is 69.7 Å². The summed E-state index contributed by atoms with van der Waals surface area (Å²) in [4.78, 5) is 12.2. The number of benzene rings is 1. The Balaban J connectivity index is 1.47. The quantitative estimate of drug-likeness (QED) is 0.585. The molecule has 0 N–H and O–H groups in total. The lowest BCUT2D eigenvalue weighted by molar-refractivity contribution is -0.0745. The lowest BCUT2D eigenvalue weighted by Crippen LogP contribution is -2.48. The van der Waals surface area contributed by atoms with Crippen molar-refractivity contribution in [1.82, 2.24) is 0 Å². The molecule has 4 aliphatic rings. The zero-order valence-corrected chi connectivity index (χ0v) is 17.1. The summed E-state index contributed by atoms with van der Waals surface area (Å²) in [5.74, 6) is 1.47. The van der Waals surface area contributed by atoms with Gasteiger partial charge in [-0.25, -0.2) is 9.18 Å². The number of carbonyl (C=O) groups is 1. The van der Waals surface area contributed by atoms with Crippen molar-refractivity contribution in [3.63, 3.8) is 0 Å². The normalized spacial score (nSPS) is 31.8. The van der Waals surface area contributed by atoms with Crippen LogP contribution in [0.4, 0.5) is 4.39 Å². The third-order valence-electron chi connectivity index (χ3n) is 6.33. The van der Waals surface area contributed by atoms with Crippen LogP contribution in [0.2, 0.25) is 5.02 Å². The molecule has 0 amide bonds. The number of rotatable bonds is 4. The van der Waals surface area contributed by atoms with E-state index in [0.29, 0.717) is 12.4 Å². The topological polar surface area (TPSA) is 35.5 Å². The number of hydrogen-bond acceptors (Lipinski definition) is 3. The molecule has 4 bridgehead atoms. The van der Waals surface area contributed by atoms with Crippen LogP contribution in [-0.2, 0) is 4.74 Å². The molecule has 1 aromatic rings. The van der Waals surface area contributed by atoms with Gasteiger partial charge in [0.1, 0.15) is 22.7 Å². The van der Waals surface area contributed by atoms with Gasteiger partial charge in [0, 0.05) is 11.5 Å². The highest BCUT2D eigenvalue weighted by Crippen LogP contribution is 2.60. The van der Waals surface area contributed by atoms with Crippen LogP contribution in [0.5, 0.6) is 5.75 Å². The first-order chi connectivity index (χ1) is 12.6. The Morgan fingerprint density at radius 2 is 1.70 bits per heavy atom. The van der Waals surface area contributed by atoms with Crippen molar-refractivity contribution >= 4 is 17.6 Å². The van der Waals surface area contributed by atoms with Crippen molar-refractivity contribution in [2.45, 2.75) is 64.9 Å². The highest BCUT2D eigenvalue weighted by atomic mass is 35.5. The number of ether oxygens (including phenoxy) is 2. The van der Waals surface area contributed by atoms with Crippen LogP contribution in [0.15, 0.2) is 12.1 Å². The number of halogens is 2. The average Bonchev–Trinajstić information content (AvgIpc) is 2.49. The minimum absolute atomic E-state index is 0.0322. The predicted molar refractivity (Wildman–Crippen MR) is 103 cm³/mol. The van der Waals surface area contributed by atoms with Crippen molar-refractivity contribution in [3.05, 3.63) is 28.5 Å². The molecular formula is C22H28ClFO3.